The van der Waals surface area contributed by atoms with Crippen LogP contribution in [0.4, 0.5) is 4.79 Å². The molecule has 0 aliphatic rings. The van der Waals surface area contributed by atoms with Crippen molar-refractivity contribution in [3.63, 3.8) is 0 Å². The van der Waals surface area contributed by atoms with Crippen molar-refractivity contribution >= 4 is 18.1 Å². The van der Waals surface area contributed by atoms with Crippen molar-refractivity contribution < 1.29 is 33.3 Å². The monoisotopic (exact) mass is 853 g/mol. The second-order valence-electron chi connectivity index (χ2n) is 17.6. The van der Waals surface area contributed by atoms with Crippen LogP contribution in [0, 0.1) is 5.92 Å². The van der Waals surface area contributed by atoms with Crippen LogP contribution in [0.15, 0.2) is 0 Å². The quantitative estimate of drug-likeness (QED) is 0.0337. The SMILES string of the molecule is CCCCCCCCCCCC(=O)OCCN(CCOC(=O)OC(CCCCCC)CCCCC(=O)OCC(CCCCCC)CCCCCCCC)CCN(CC)CC. The highest BCUT2D eigenvalue weighted by Gasteiger charge is 2.18. The molecule has 0 aliphatic carbocycles. The molecule has 0 aromatic rings. The molecule has 0 saturated carbocycles. The first-order valence-electron chi connectivity index (χ1n) is 25.9. The maximum Gasteiger partial charge on any atom is 0.508 e. The molecular formula is C51H100N2O7. The number of rotatable bonds is 46. The molecule has 0 heterocycles. The lowest BCUT2D eigenvalue weighted by Gasteiger charge is -2.26. The minimum Gasteiger partial charge on any atom is -0.465 e. The van der Waals surface area contributed by atoms with Gasteiger partial charge in [-0.25, -0.2) is 4.79 Å². The molecule has 2 atom stereocenters. The topological polar surface area (TPSA) is 94.6 Å². The van der Waals surface area contributed by atoms with Crippen LogP contribution in [0.1, 0.15) is 241 Å². The van der Waals surface area contributed by atoms with Gasteiger partial charge in [0.15, 0.2) is 0 Å². The average Bonchev–Trinajstić information content (AvgIpc) is 3.24. The van der Waals surface area contributed by atoms with Gasteiger partial charge in [-0.2, -0.15) is 0 Å². The van der Waals surface area contributed by atoms with Crippen LogP contribution in [-0.4, -0.2) is 93.1 Å². The van der Waals surface area contributed by atoms with Gasteiger partial charge in [-0.3, -0.25) is 14.5 Å². The predicted octanol–water partition coefficient (Wildman–Crippen LogP) is 14.0. The molecule has 9 nitrogen and oxygen atoms in total. The zero-order chi connectivity index (χ0) is 44.2. The van der Waals surface area contributed by atoms with Crippen LogP contribution in [0.5, 0.6) is 0 Å². The third-order valence-corrected chi connectivity index (χ3v) is 12.1. The highest BCUT2D eigenvalue weighted by molar-refractivity contribution is 5.69. The Morgan fingerprint density at radius 3 is 1.30 bits per heavy atom. The Bertz CT molecular complexity index is 946. The molecule has 0 bridgehead atoms. The van der Waals surface area contributed by atoms with Crippen molar-refractivity contribution in [3.05, 3.63) is 0 Å². The predicted molar refractivity (Wildman–Crippen MR) is 252 cm³/mol. The van der Waals surface area contributed by atoms with Gasteiger partial charge >= 0.3 is 18.1 Å². The highest BCUT2D eigenvalue weighted by atomic mass is 16.7. The Kier molecular flexibility index (Phi) is 43.8. The van der Waals surface area contributed by atoms with Gasteiger partial charge in [0.1, 0.15) is 19.3 Å². The first-order chi connectivity index (χ1) is 29.3. The molecule has 0 aromatic heterocycles. The van der Waals surface area contributed by atoms with E-state index in [1.165, 1.54) is 116 Å². The lowest BCUT2D eigenvalue weighted by atomic mass is 9.95. The molecule has 0 saturated heterocycles. The Hall–Kier alpha value is -1.87. The van der Waals surface area contributed by atoms with Crippen molar-refractivity contribution in [1.29, 1.82) is 0 Å². The zero-order valence-electron chi connectivity index (χ0n) is 40.7. The van der Waals surface area contributed by atoms with Gasteiger partial charge in [0.25, 0.3) is 0 Å². The number of carbonyl (C=O) groups excluding carboxylic acids is 3. The summed E-state index contributed by atoms with van der Waals surface area (Å²) in [5.74, 6) is 0.245. The fourth-order valence-electron chi connectivity index (χ4n) is 7.90. The van der Waals surface area contributed by atoms with Crippen LogP contribution < -0.4 is 0 Å². The van der Waals surface area contributed by atoms with Crippen LogP contribution >= 0.6 is 0 Å². The minimum absolute atomic E-state index is 0.101. The Balaban J connectivity index is 4.80. The van der Waals surface area contributed by atoms with Crippen molar-refractivity contribution in [2.75, 3.05) is 59.1 Å². The van der Waals surface area contributed by atoms with E-state index in [0.717, 1.165) is 90.4 Å². The summed E-state index contributed by atoms with van der Waals surface area (Å²) in [6.45, 7) is 19.2. The molecule has 0 fully saturated rings. The maximum absolute atomic E-state index is 12.9. The van der Waals surface area contributed by atoms with Gasteiger partial charge in [-0.1, -0.05) is 176 Å². The van der Waals surface area contributed by atoms with E-state index in [2.05, 4.69) is 51.3 Å². The van der Waals surface area contributed by atoms with Crippen LogP contribution in [-0.2, 0) is 28.5 Å². The van der Waals surface area contributed by atoms with Crippen LogP contribution in [0.2, 0.25) is 0 Å². The van der Waals surface area contributed by atoms with Gasteiger partial charge in [0.05, 0.1) is 6.61 Å². The largest absolute Gasteiger partial charge is 0.508 e. The molecule has 0 radical (unpaired) electrons. The molecule has 0 N–H and O–H groups in total. The number of likely N-dealkylation sites (N-methyl/N-ethyl adjacent to an activating group) is 1. The van der Waals surface area contributed by atoms with Gasteiger partial charge in [-0.05, 0) is 70.4 Å². The van der Waals surface area contributed by atoms with E-state index in [4.69, 9.17) is 18.9 Å². The molecular weight excluding hydrogens is 753 g/mol. The second kappa shape index (κ2) is 45.2. The fraction of sp³-hybridized carbons (Fsp3) is 0.941. The zero-order valence-corrected chi connectivity index (χ0v) is 40.7. The number of ether oxygens (including phenoxy) is 4. The number of esters is 2. The summed E-state index contributed by atoms with van der Waals surface area (Å²) < 4.78 is 22.9. The maximum atomic E-state index is 12.9. The van der Waals surface area contributed by atoms with E-state index in [9.17, 15) is 14.4 Å². The second-order valence-corrected chi connectivity index (χ2v) is 17.6. The Morgan fingerprint density at radius 2 is 0.783 bits per heavy atom. The number of nitrogens with zero attached hydrogens (tertiary/aromatic N) is 2. The summed E-state index contributed by atoms with van der Waals surface area (Å²) in [6, 6.07) is 0. The van der Waals surface area contributed by atoms with Gasteiger partial charge < -0.3 is 23.8 Å². The standard InChI is InChI=1S/C51H100N2O7/c1-7-13-17-21-23-24-25-27-31-38-49(54)57-44-42-53(41-40-52(11-5)12-6)43-45-58-51(56)60-48(36-30-20-16-10-4)37-32-33-39-50(55)59-46-47(34-28-19-15-9-3)35-29-26-22-18-14-8-2/h47-48H,7-46H2,1-6H3. The molecule has 0 amide bonds. The van der Waals surface area contributed by atoms with E-state index in [1.807, 2.05) is 0 Å². The lowest BCUT2D eigenvalue weighted by molar-refractivity contribution is -0.145. The third-order valence-electron chi connectivity index (χ3n) is 12.1. The molecule has 0 spiro atoms. The molecule has 0 aliphatic heterocycles. The Labute approximate surface area is 371 Å². The lowest BCUT2D eigenvalue weighted by Crippen LogP contribution is -2.39. The summed E-state index contributed by atoms with van der Waals surface area (Å²) >= 11 is 0. The normalized spacial score (nSPS) is 12.5. The highest BCUT2D eigenvalue weighted by Crippen LogP contribution is 2.21. The van der Waals surface area contributed by atoms with Crippen molar-refractivity contribution in [1.82, 2.24) is 9.80 Å². The minimum atomic E-state index is -0.624. The molecule has 356 valence electrons. The van der Waals surface area contributed by atoms with E-state index in [0.29, 0.717) is 51.5 Å². The van der Waals surface area contributed by atoms with Crippen LogP contribution in [0.25, 0.3) is 0 Å². The molecule has 60 heavy (non-hydrogen) atoms. The first kappa shape index (κ1) is 58.1. The first-order valence-corrected chi connectivity index (χ1v) is 25.9. The smallest absolute Gasteiger partial charge is 0.465 e. The third kappa shape index (κ3) is 39.0. The van der Waals surface area contributed by atoms with E-state index in [-0.39, 0.29) is 24.6 Å². The summed E-state index contributed by atoms with van der Waals surface area (Å²) in [7, 11) is 0. The van der Waals surface area contributed by atoms with Crippen molar-refractivity contribution in [2.24, 2.45) is 5.92 Å². The van der Waals surface area contributed by atoms with E-state index in [1.54, 1.807) is 0 Å². The van der Waals surface area contributed by atoms with Crippen molar-refractivity contribution in [2.45, 2.75) is 247 Å². The fourth-order valence-corrected chi connectivity index (χ4v) is 7.90. The average molecular weight is 853 g/mol. The van der Waals surface area contributed by atoms with Gasteiger partial charge in [0, 0.05) is 39.0 Å². The number of carbonyl (C=O) groups is 3. The molecule has 9 heteroatoms. The van der Waals surface area contributed by atoms with Crippen LogP contribution in [0.3, 0.4) is 0 Å². The van der Waals surface area contributed by atoms with Gasteiger partial charge in [0.2, 0.25) is 0 Å². The Morgan fingerprint density at radius 1 is 0.400 bits per heavy atom. The summed E-state index contributed by atoms with van der Waals surface area (Å²) in [5, 5.41) is 0. The van der Waals surface area contributed by atoms with E-state index >= 15 is 0 Å². The van der Waals surface area contributed by atoms with E-state index < -0.39 is 6.16 Å². The molecule has 0 aromatic carbocycles. The molecule has 2 unspecified atom stereocenters. The number of hydrogen-bond donors (Lipinski definition) is 0. The molecule has 0 rings (SSSR count). The number of hydrogen-bond acceptors (Lipinski definition) is 9. The summed E-state index contributed by atoms with van der Waals surface area (Å²) in [5.41, 5.74) is 0. The number of unbranched alkanes of at least 4 members (excludes halogenated alkanes) is 20. The summed E-state index contributed by atoms with van der Waals surface area (Å²) in [6.07, 6.45) is 33.6. The summed E-state index contributed by atoms with van der Waals surface area (Å²) in [4.78, 5) is 42.7. The van der Waals surface area contributed by atoms with Gasteiger partial charge in [-0.15, -0.1) is 0 Å². The van der Waals surface area contributed by atoms with Crippen molar-refractivity contribution in [3.8, 4) is 0 Å².